The van der Waals surface area contributed by atoms with Crippen LogP contribution in [-0.4, -0.2) is 37.3 Å². The van der Waals surface area contributed by atoms with Crippen LogP contribution >= 0.6 is 24.0 Å². The summed E-state index contributed by atoms with van der Waals surface area (Å²) >= 11 is 0. The molecule has 1 unspecified atom stereocenters. The van der Waals surface area contributed by atoms with E-state index in [1.807, 2.05) is 18.2 Å². The number of hydrogen-bond donors (Lipinski definition) is 3. The molecule has 1 aromatic rings. The predicted octanol–water partition coefficient (Wildman–Crippen LogP) is 3.37. The molecular weight excluding hydrogens is 401 g/mol. The SMILES string of the molecule is CCNC(=NCC(CC)CC)NCC(CO)c1ccccc1.I. The Balaban J connectivity index is 0.00000484. The topological polar surface area (TPSA) is 56.7 Å². The van der Waals surface area contributed by atoms with Gasteiger partial charge in [0.15, 0.2) is 5.96 Å². The molecule has 3 N–H and O–H groups in total. The van der Waals surface area contributed by atoms with E-state index in [4.69, 9.17) is 0 Å². The van der Waals surface area contributed by atoms with Crippen LogP contribution in [0.4, 0.5) is 0 Å². The van der Waals surface area contributed by atoms with Gasteiger partial charge in [0.05, 0.1) is 6.61 Å². The van der Waals surface area contributed by atoms with Crippen LogP contribution < -0.4 is 10.6 Å². The van der Waals surface area contributed by atoms with E-state index in [0.29, 0.717) is 12.5 Å². The zero-order valence-electron chi connectivity index (χ0n) is 14.6. The molecule has 0 aromatic heterocycles. The second-order valence-electron chi connectivity index (χ2n) is 5.57. The van der Waals surface area contributed by atoms with Crippen LogP contribution in [0, 0.1) is 5.92 Å². The Morgan fingerprint density at radius 1 is 1.09 bits per heavy atom. The van der Waals surface area contributed by atoms with Crippen LogP contribution in [0.2, 0.25) is 0 Å². The molecular formula is C18H32IN3O. The Morgan fingerprint density at radius 2 is 1.74 bits per heavy atom. The van der Waals surface area contributed by atoms with Gasteiger partial charge in [0.25, 0.3) is 0 Å². The number of aliphatic imine (C=N–C) groups is 1. The van der Waals surface area contributed by atoms with Crippen molar-refractivity contribution < 1.29 is 5.11 Å². The lowest BCUT2D eigenvalue weighted by molar-refractivity contribution is 0.265. The lowest BCUT2D eigenvalue weighted by Crippen LogP contribution is -2.40. The van der Waals surface area contributed by atoms with Gasteiger partial charge in [0.2, 0.25) is 0 Å². The van der Waals surface area contributed by atoms with Crippen LogP contribution in [0.15, 0.2) is 35.3 Å². The van der Waals surface area contributed by atoms with Crippen molar-refractivity contribution >= 4 is 29.9 Å². The van der Waals surface area contributed by atoms with Crippen molar-refractivity contribution in [2.24, 2.45) is 10.9 Å². The van der Waals surface area contributed by atoms with E-state index in [1.54, 1.807) is 0 Å². The molecule has 4 nitrogen and oxygen atoms in total. The van der Waals surface area contributed by atoms with Crippen molar-refractivity contribution in [1.82, 2.24) is 10.6 Å². The van der Waals surface area contributed by atoms with Crippen molar-refractivity contribution in [2.75, 3.05) is 26.2 Å². The van der Waals surface area contributed by atoms with E-state index in [1.165, 1.54) is 0 Å². The minimum Gasteiger partial charge on any atom is -0.396 e. The fourth-order valence-electron chi connectivity index (χ4n) is 2.34. The van der Waals surface area contributed by atoms with E-state index < -0.39 is 0 Å². The molecule has 0 saturated heterocycles. The average Bonchev–Trinajstić information content (AvgIpc) is 2.57. The molecule has 0 aliphatic heterocycles. The van der Waals surface area contributed by atoms with Gasteiger partial charge in [-0.05, 0) is 18.4 Å². The summed E-state index contributed by atoms with van der Waals surface area (Å²) < 4.78 is 0. The first-order chi connectivity index (χ1) is 10.7. The van der Waals surface area contributed by atoms with E-state index in [2.05, 4.69) is 48.5 Å². The van der Waals surface area contributed by atoms with Crippen LogP contribution in [0.1, 0.15) is 45.1 Å². The third kappa shape index (κ3) is 8.55. The molecule has 0 spiro atoms. The summed E-state index contributed by atoms with van der Waals surface area (Å²) in [6.07, 6.45) is 2.31. The fraction of sp³-hybridized carbons (Fsp3) is 0.611. The van der Waals surface area contributed by atoms with Crippen molar-refractivity contribution in [2.45, 2.75) is 39.5 Å². The van der Waals surface area contributed by atoms with Gasteiger partial charge in [0, 0.05) is 25.6 Å². The number of nitrogens with zero attached hydrogens (tertiary/aromatic N) is 1. The molecule has 5 heteroatoms. The average molecular weight is 433 g/mol. The summed E-state index contributed by atoms with van der Waals surface area (Å²) in [5.74, 6) is 1.56. The highest BCUT2D eigenvalue weighted by atomic mass is 127. The third-order valence-corrected chi connectivity index (χ3v) is 4.01. The first kappa shape index (κ1) is 22.2. The predicted molar refractivity (Wildman–Crippen MR) is 110 cm³/mol. The summed E-state index contributed by atoms with van der Waals surface area (Å²) in [7, 11) is 0. The molecule has 0 heterocycles. The van der Waals surface area contributed by atoms with Crippen molar-refractivity contribution in [1.29, 1.82) is 0 Å². The molecule has 0 aliphatic carbocycles. The Kier molecular flexibility index (Phi) is 13.1. The summed E-state index contributed by atoms with van der Waals surface area (Å²) in [5.41, 5.74) is 1.15. The Morgan fingerprint density at radius 3 is 2.26 bits per heavy atom. The zero-order valence-corrected chi connectivity index (χ0v) is 16.9. The van der Waals surface area contributed by atoms with E-state index in [-0.39, 0.29) is 36.5 Å². The maximum absolute atomic E-state index is 9.62. The van der Waals surface area contributed by atoms with E-state index in [0.717, 1.165) is 37.5 Å². The first-order valence-electron chi connectivity index (χ1n) is 8.43. The van der Waals surface area contributed by atoms with Gasteiger partial charge in [-0.1, -0.05) is 57.0 Å². The number of aliphatic hydroxyl groups excluding tert-OH is 1. The molecule has 0 bridgehead atoms. The van der Waals surface area contributed by atoms with Crippen molar-refractivity contribution in [3.05, 3.63) is 35.9 Å². The van der Waals surface area contributed by atoms with Gasteiger partial charge in [-0.2, -0.15) is 0 Å². The van der Waals surface area contributed by atoms with Crippen LogP contribution in [0.25, 0.3) is 0 Å². The highest BCUT2D eigenvalue weighted by molar-refractivity contribution is 14.0. The summed E-state index contributed by atoms with van der Waals surface area (Å²) in [5, 5.41) is 16.2. The molecule has 0 saturated carbocycles. The van der Waals surface area contributed by atoms with E-state index >= 15 is 0 Å². The normalized spacial score (nSPS) is 12.7. The van der Waals surface area contributed by atoms with Gasteiger partial charge in [-0.3, -0.25) is 4.99 Å². The molecule has 0 radical (unpaired) electrons. The molecule has 1 aromatic carbocycles. The molecule has 1 atom stereocenters. The molecule has 1 rings (SSSR count). The summed E-state index contributed by atoms with van der Waals surface area (Å²) in [6.45, 7) is 8.97. The number of hydrogen-bond acceptors (Lipinski definition) is 2. The molecule has 0 aliphatic rings. The molecule has 132 valence electrons. The smallest absolute Gasteiger partial charge is 0.191 e. The third-order valence-electron chi connectivity index (χ3n) is 4.01. The van der Waals surface area contributed by atoms with Gasteiger partial charge < -0.3 is 15.7 Å². The monoisotopic (exact) mass is 433 g/mol. The Hall–Kier alpha value is -0.820. The Labute approximate surface area is 158 Å². The van der Waals surface area contributed by atoms with Crippen molar-refractivity contribution in [3.63, 3.8) is 0 Å². The van der Waals surface area contributed by atoms with Gasteiger partial charge in [-0.15, -0.1) is 24.0 Å². The molecule has 0 amide bonds. The Bertz CT molecular complexity index is 422. The fourth-order valence-corrected chi connectivity index (χ4v) is 2.34. The first-order valence-corrected chi connectivity index (χ1v) is 8.43. The standard InChI is InChI=1S/C18H31N3O.HI/c1-4-15(5-2)12-20-18(19-6-3)21-13-17(14-22)16-10-8-7-9-11-16;/h7-11,15,17,22H,4-6,12-14H2,1-3H3,(H2,19,20,21);1H. The number of benzene rings is 1. The highest BCUT2D eigenvalue weighted by Gasteiger charge is 2.11. The largest absolute Gasteiger partial charge is 0.396 e. The lowest BCUT2D eigenvalue weighted by atomic mass is 10.0. The second-order valence-corrected chi connectivity index (χ2v) is 5.57. The summed E-state index contributed by atoms with van der Waals surface area (Å²) in [4.78, 5) is 4.67. The van der Waals surface area contributed by atoms with Crippen molar-refractivity contribution in [3.8, 4) is 0 Å². The minimum atomic E-state index is 0. The quantitative estimate of drug-likeness (QED) is 0.318. The highest BCUT2D eigenvalue weighted by Crippen LogP contribution is 2.13. The maximum Gasteiger partial charge on any atom is 0.191 e. The molecule has 23 heavy (non-hydrogen) atoms. The number of aliphatic hydroxyl groups is 1. The van der Waals surface area contributed by atoms with Gasteiger partial charge >= 0.3 is 0 Å². The number of rotatable bonds is 9. The van der Waals surface area contributed by atoms with Crippen LogP contribution in [0.5, 0.6) is 0 Å². The second kappa shape index (κ2) is 13.6. The number of halogens is 1. The minimum absolute atomic E-state index is 0. The lowest BCUT2D eigenvalue weighted by Gasteiger charge is -2.18. The number of guanidine groups is 1. The summed E-state index contributed by atoms with van der Waals surface area (Å²) in [6, 6.07) is 10.1. The van der Waals surface area contributed by atoms with Gasteiger partial charge in [0.1, 0.15) is 0 Å². The van der Waals surface area contributed by atoms with Crippen LogP contribution in [-0.2, 0) is 0 Å². The maximum atomic E-state index is 9.62. The molecule has 0 fully saturated rings. The van der Waals surface area contributed by atoms with Gasteiger partial charge in [-0.25, -0.2) is 0 Å². The van der Waals surface area contributed by atoms with Crippen LogP contribution in [0.3, 0.4) is 0 Å². The number of nitrogens with one attached hydrogen (secondary N) is 2. The van der Waals surface area contributed by atoms with E-state index in [9.17, 15) is 5.11 Å². The zero-order chi connectivity index (χ0) is 16.2.